The minimum atomic E-state index is -0.425. The number of rotatable bonds is 7. The van der Waals surface area contributed by atoms with Crippen molar-refractivity contribution in [2.45, 2.75) is 63.5 Å². The van der Waals surface area contributed by atoms with Gasteiger partial charge in [-0.3, -0.25) is 9.59 Å². The van der Waals surface area contributed by atoms with Crippen molar-refractivity contribution in [1.29, 1.82) is 0 Å². The second kappa shape index (κ2) is 9.13. The van der Waals surface area contributed by atoms with Gasteiger partial charge in [0.1, 0.15) is 5.75 Å². The zero-order valence-corrected chi connectivity index (χ0v) is 18.5. The van der Waals surface area contributed by atoms with Crippen LogP contribution in [0.3, 0.4) is 0 Å². The maximum absolute atomic E-state index is 13.7. The summed E-state index contributed by atoms with van der Waals surface area (Å²) in [5, 5.41) is 3.17. The molecule has 1 heterocycles. The van der Waals surface area contributed by atoms with Gasteiger partial charge in [-0.1, -0.05) is 62.6 Å². The van der Waals surface area contributed by atoms with Crippen molar-refractivity contribution in [3.8, 4) is 5.75 Å². The highest BCUT2D eigenvalue weighted by Gasteiger charge is 2.55. The molecule has 1 fully saturated rings. The summed E-state index contributed by atoms with van der Waals surface area (Å²) in [5.41, 5.74) is 2.07. The smallest absolute Gasteiger partial charge is 0.254 e. The Labute approximate surface area is 184 Å². The van der Waals surface area contributed by atoms with Gasteiger partial charge in [0.2, 0.25) is 5.91 Å². The average molecular weight is 421 g/mol. The lowest BCUT2D eigenvalue weighted by Crippen LogP contribution is -2.60. The molecule has 1 atom stereocenters. The van der Waals surface area contributed by atoms with E-state index in [9.17, 15) is 9.59 Å². The van der Waals surface area contributed by atoms with Crippen molar-refractivity contribution in [2.75, 3.05) is 13.7 Å². The van der Waals surface area contributed by atoms with Gasteiger partial charge in [-0.25, -0.2) is 0 Å². The number of amides is 2. The van der Waals surface area contributed by atoms with Crippen LogP contribution in [0.5, 0.6) is 5.75 Å². The molecule has 1 aliphatic carbocycles. The van der Waals surface area contributed by atoms with E-state index < -0.39 is 5.54 Å². The van der Waals surface area contributed by atoms with E-state index in [4.69, 9.17) is 4.74 Å². The van der Waals surface area contributed by atoms with E-state index in [-0.39, 0.29) is 17.7 Å². The molecule has 5 heteroatoms. The van der Waals surface area contributed by atoms with E-state index in [0.29, 0.717) is 18.7 Å². The lowest BCUT2D eigenvalue weighted by Gasteiger charge is -2.50. The summed E-state index contributed by atoms with van der Waals surface area (Å²) < 4.78 is 5.44. The number of unbranched alkanes of at least 4 members (excludes halogenated alkanes) is 1. The minimum Gasteiger partial charge on any atom is -0.496 e. The van der Waals surface area contributed by atoms with Crippen LogP contribution >= 0.6 is 0 Å². The van der Waals surface area contributed by atoms with Crippen molar-refractivity contribution in [2.24, 2.45) is 0 Å². The van der Waals surface area contributed by atoms with Crippen LogP contribution in [0, 0.1) is 0 Å². The Hall–Kier alpha value is -2.82. The van der Waals surface area contributed by atoms with Crippen molar-refractivity contribution in [1.82, 2.24) is 10.2 Å². The minimum absolute atomic E-state index is 0.00532. The first kappa shape index (κ1) is 21.4. The number of methoxy groups -OCH3 is 1. The zero-order chi connectivity index (χ0) is 21.8. The third-order valence-corrected chi connectivity index (χ3v) is 6.93. The number of para-hydroxylation sites is 1. The molecule has 31 heavy (non-hydrogen) atoms. The first-order valence-electron chi connectivity index (χ1n) is 11.4. The fraction of sp³-hybridized carbons (Fsp3) is 0.462. The third kappa shape index (κ3) is 3.82. The Morgan fingerprint density at radius 1 is 1.13 bits per heavy atom. The van der Waals surface area contributed by atoms with E-state index in [1.165, 1.54) is 0 Å². The quantitative estimate of drug-likeness (QED) is 0.708. The molecule has 0 saturated heterocycles. The van der Waals surface area contributed by atoms with E-state index in [0.717, 1.165) is 55.4 Å². The predicted octanol–water partition coefficient (Wildman–Crippen LogP) is 4.66. The van der Waals surface area contributed by atoms with E-state index in [1.807, 2.05) is 53.4 Å². The van der Waals surface area contributed by atoms with Crippen LogP contribution in [-0.2, 0) is 11.3 Å². The average Bonchev–Trinajstić information content (AvgIpc) is 3.27. The molecule has 2 aromatic carbocycles. The van der Waals surface area contributed by atoms with Gasteiger partial charge in [-0.05, 0) is 37.0 Å². The Balaban J connectivity index is 1.70. The topological polar surface area (TPSA) is 58.6 Å². The van der Waals surface area contributed by atoms with Gasteiger partial charge in [0.05, 0.1) is 18.6 Å². The second-order valence-corrected chi connectivity index (χ2v) is 8.67. The number of benzene rings is 2. The summed E-state index contributed by atoms with van der Waals surface area (Å²) in [7, 11) is 1.64. The van der Waals surface area contributed by atoms with E-state index in [1.54, 1.807) is 7.11 Å². The maximum Gasteiger partial charge on any atom is 0.254 e. The van der Waals surface area contributed by atoms with Gasteiger partial charge >= 0.3 is 0 Å². The fourth-order valence-electron chi connectivity index (χ4n) is 5.44. The van der Waals surface area contributed by atoms with Crippen molar-refractivity contribution >= 4 is 11.8 Å². The number of fused-ring (bicyclic) bond motifs is 1. The van der Waals surface area contributed by atoms with Gasteiger partial charge in [0.15, 0.2) is 0 Å². The first-order chi connectivity index (χ1) is 15.1. The lowest BCUT2D eigenvalue weighted by molar-refractivity contribution is -0.126. The number of carbonyl (C=O) groups excluding carboxylic acids is 2. The third-order valence-electron chi connectivity index (χ3n) is 6.93. The Morgan fingerprint density at radius 3 is 2.58 bits per heavy atom. The summed E-state index contributed by atoms with van der Waals surface area (Å²) in [6.07, 6.45) is 5.83. The molecule has 164 valence electrons. The molecule has 5 nitrogen and oxygen atoms in total. The van der Waals surface area contributed by atoms with Crippen LogP contribution in [0.2, 0.25) is 0 Å². The molecule has 2 aliphatic rings. The highest BCUT2D eigenvalue weighted by atomic mass is 16.5. The molecule has 0 bridgehead atoms. The molecule has 0 radical (unpaired) electrons. The van der Waals surface area contributed by atoms with Crippen LogP contribution < -0.4 is 10.1 Å². The molecule has 1 spiro atoms. The summed E-state index contributed by atoms with van der Waals surface area (Å²) in [6.45, 7) is 3.25. The molecule has 4 rings (SSSR count). The summed E-state index contributed by atoms with van der Waals surface area (Å²) >= 11 is 0. The molecule has 1 aliphatic heterocycles. The number of hydrogen-bond acceptors (Lipinski definition) is 3. The SMILES string of the molecule is CCCCN1C(=O)c2ccccc2[C@@H](C(=O)NCc2ccccc2OC)C12CCCC2. The van der Waals surface area contributed by atoms with Crippen LogP contribution in [0.4, 0.5) is 0 Å². The fourth-order valence-corrected chi connectivity index (χ4v) is 5.44. The lowest BCUT2D eigenvalue weighted by atomic mass is 9.71. The number of carbonyl (C=O) groups is 2. The van der Waals surface area contributed by atoms with E-state index in [2.05, 4.69) is 12.2 Å². The number of hydrogen-bond donors (Lipinski definition) is 1. The standard InChI is InChI=1S/C26H32N2O3/c1-3-4-17-28-25(30)21-13-7-6-12-20(21)23(26(28)15-9-10-16-26)24(29)27-18-19-11-5-8-14-22(19)31-2/h5-8,11-14,23H,3-4,9-10,15-18H2,1-2H3,(H,27,29)/t23-/m0/s1. The Kier molecular flexibility index (Phi) is 6.30. The summed E-state index contributed by atoms with van der Waals surface area (Å²) in [6, 6.07) is 15.4. The summed E-state index contributed by atoms with van der Waals surface area (Å²) in [5.74, 6) is 0.492. The molecule has 1 saturated carbocycles. The highest BCUT2D eigenvalue weighted by molar-refractivity contribution is 6.02. The second-order valence-electron chi connectivity index (χ2n) is 8.67. The summed E-state index contributed by atoms with van der Waals surface area (Å²) in [4.78, 5) is 29.3. The van der Waals surface area contributed by atoms with Crippen LogP contribution in [0.1, 0.15) is 72.9 Å². The number of ether oxygens (including phenoxy) is 1. The molecule has 2 amide bonds. The molecule has 0 aromatic heterocycles. The Bertz CT molecular complexity index is 949. The van der Waals surface area contributed by atoms with Crippen LogP contribution in [0.25, 0.3) is 0 Å². The zero-order valence-electron chi connectivity index (χ0n) is 18.5. The first-order valence-corrected chi connectivity index (χ1v) is 11.4. The van der Waals surface area contributed by atoms with E-state index >= 15 is 0 Å². The predicted molar refractivity (Wildman–Crippen MR) is 121 cm³/mol. The number of nitrogens with zero attached hydrogens (tertiary/aromatic N) is 1. The van der Waals surface area contributed by atoms with Crippen molar-refractivity contribution in [3.05, 3.63) is 65.2 Å². The van der Waals surface area contributed by atoms with Crippen LogP contribution in [0.15, 0.2) is 48.5 Å². The van der Waals surface area contributed by atoms with Crippen molar-refractivity contribution < 1.29 is 14.3 Å². The molecular formula is C26H32N2O3. The Morgan fingerprint density at radius 2 is 1.84 bits per heavy atom. The molecule has 1 N–H and O–H groups in total. The van der Waals surface area contributed by atoms with Gasteiger partial charge in [0.25, 0.3) is 5.91 Å². The molecule has 2 aromatic rings. The van der Waals surface area contributed by atoms with Gasteiger partial charge in [-0.2, -0.15) is 0 Å². The van der Waals surface area contributed by atoms with Crippen LogP contribution in [-0.4, -0.2) is 35.9 Å². The monoisotopic (exact) mass is 420 g/mol. The largest absolute Gasteiger partial charge is 0.496 e. The van der Waals surface area contributed by atoms with Gasteiger partial charge < -0.3 is 15.0 Å². The number of nitrogens with one attached hydrogen (secondary N) is 1. The van der Waals surface area contributed by atoms with Gasteiger partial charge in [0, 0.05) is 24.2 Å². The molecule has 0 unspecified atom stereocenters. The molecular weight excluding hydrogens is 388 g/mol. The normalized spacial score (nSPS) is 19.4. The van der Waals surface area contributed by atoms with Gasteiger partial charge in [-0.15, -0.1) is 0 Å². The highest BCUT2D eigenvalue weighted by Crippen LogP contribution is 2.50. The van der Waals surface area contributed by atoms with Crippen molar-refractivity contribution in [3.63, 3.8) is 0 Å². The maximum atomic E-state index is 13.7.